The number of nitrogens with zero attached hydrogens (tertiary/aromatic N) is 3. The van der Waals surface area contributed by atoms with E-state index in [9.17, 15) is 4.79 Å². The van der Waals surface area contributed by atoms with Crippen LogP contribution in [0.1, 0.15) is 29.7 Å². The molecule has 2 aliphatic carbocycles. The van der Waals surface area contributed by atoms with E-state index in [2.05, 4.69) is 57.3 Å². The number of amides is 1. The lowest BCUT2D eigenvalue weighted by Gasteiger charge is -2.37. The van der Waals surface area contributed by atoms with Gasteiger partial charge in [0.05, 0.1) is 5.69 Å². The predicted molar refractivity (Wildman–Crippen MR) is 104 cm³/mol. The van der Waals surface area contributed by atoms with Crippen molar-refractivity contribution in [2.75, 3.05) is 31.1 Å². The van der Waals surface area contributed by atoms with E-state index >= 15 is 0 Å². The van der Waals surface area contributed by atoms with Crippen molar-refractivity contribution in [3.63, 3.8) is 0 Å². The summed E-state index contributed by atoms with van der Waals surface area (Å²) in [6.07, 6.45) is 7.30. The SMILES string of the molecule is O=C(C1CC1)N1CCN(c2ccnc3c2C=C(c2ccccc2)C3)CC1. The zero-order chi connectivity index (χ0) is 17.5. The Morgan fingerprint density at radius 3 is 2.50 bits per heavy atom. The van der Waals surface area contributed by atoms with Crippen molar-refractivity contribution in [1.29, 1.82) is 0 Å². The van der Waals surface area contributed by atoms with Crippen LogP contribution in [0.5, 0.6) is 0 Å². The molecule has 132 valence electrons. The summed E-state index contributed by atoms with van der Waals surface area (Å²) < 4.78 is 0. The molecule has 1 aliphatic heterocycles. The van der Waals surface area contributed by atoms with Gasteiger partial charge in [0.1, 0.15) is 0 Å². The number of hydrogen-bond donors (Lipinski definition) is 0. The first-order valence-electron chi connectivity index (χ1n) is 9.57. The van der Waals surface area contributed by atoms with Crippen molar-refractivity contribution in [2.45, 2.75) is 19.3 Å². The lowest BCUT2D eigenvalue weighted by molar-refractivity contribution is -0.132. The van der Waals surface area contributed by atoms with Gasteiger partial charge in [-0.15, -0.1) is 0 Å². The van der Waals surface area contributed by atoms with Crippen LogP contribution in [0.3, 0.4) is 0 Å². The van der Waals surface area contributed by atoms with E-state index < -0.39 is 0 Å². The highest BCUT2D eigenvalue weighted by Gasteiger charge is 2.35. The molecule has 1 saturated carbocycles. The fraction of sp³-hybridized carbons (Fsp3) is 0.364. The minimum absolute atomic E-state index is 0.322. The van der Waals surface area contributed by atoms with Gasteiger partial charge in [-0.3, -0.25) is 9.78 Å². The molecule has 2 fully saturated rings. The molecule has 1 saturated heterocycles. The highest BCUT2D eigenvalue weighted by atomic mass is 16.2. The molecule has 4 heteroatoms. The van der Waals surface area contributed by atoms with E-state index in [1.165, 1.54) is 22.4 Å². The van der Waals surface area contributed by atoms with Crippen molar-refractivity contribution < 1.29 is 4.79 Å². The van der Waals surface area contributed by atoms with Crippen molar-refractivity contribution >= 4 is 23.2 Å². The summed E-state index contributed by atoms with van der Waals surface area (Å²) in [6, 6.07) is 12.7. The molecule has 1 amide bonds. The molecule has 1 aromatic heterocycles. The standard InChI is InChI=1S/C22H23N3O/c26-22(17-6-7-17)25-12-10-24(11-13-25)21-8-9-23-20-15-18(14-19(20)21)16-4-2-1-3-5-16/h1-5,8-9,14,17H,6-7,10-13,15H2. The molecule has 3 aliphatic rings. The Hall–Kier alpha value is -2.62. The number of allylic oxidation sites excluding steroid dienone is 1. The van der Waals surface area contributed by atoms with Gasteiger partial charge in [-0.1, -0.05) is 30.3 Å². The van der Waals surface area contributed by atoms with Crippen molar-refractivity contribution in [2.24, 2.45) is 5.92 Å². The second-order valence-corrected chi connectivity index (χ2v) is 7.49. The Morgan fingerprint density at radius 2 is 1.77 bits per heavy atom. The van der Waals surface area contributed by atoms with Gasteiger partial charge < -0.3 is 9.80 Å². The average molecular weight is 345 g/mol. The van der Waals surface area contributed by atoms with E-state index in [0.29, 0.717) is 11.8 Å². The summed E-state index contributed by atoms with van der Waals surface area (Å²) in [5.41, 5.74) is 6.30. The first-order valence-corrected chi connectivity index (χ1v) is 9.57. The number of carbonyl (C=O) groups is 1. The minimum atomic E-state index is 0.322. The number of hydrogen-bond acceptors (Lipinski definition) is 3. The maximum atomic E-state index is 12.3. The second-order valence-electron chi connectivity index (χ2n) is 7.49. The lowest BCUT2D eigenvalue weighted by Crippen LogP contribution is -2.49. The number of rotatable bonds is 3. The third-order valence-electron chi connectivity index (χ3n) is 5.73. The van der Waals surface area contributed by atoms with Gasteiger partial charge in [0.2, 0.25) is 5.91 Å². The first kappa shape index (κ1) is 15.6. The fourth-order valence-corrected chi connectivity index (χ4v) is 4.08. The number of pyridine rings is 1. The smallest absolute Gasteiger partial charge is 0.225 e. The van der Waals surface area contributed by atoms with Gasteiger partial charge in [-0.25, -0.2) is 0 Å². The molecule has 0 bridgehead atoms. The summed E-state index contributed by atoms with van der Waals surface area (Å²) in [6.45, 7) is 3.48. The Morgan fingerprint density at radius 1 is 1.00 bits per heavy atom. The van der Waals surface area contributed by atoms with E-state index in [1.807, 2.05) is 6.20 Å². The second kappa shape index (κ2) is 6.27. The largest absolute Gasteiger partial charge is 0.367 e. The monoisotopic (exact) mass is 345 g/mol. The third-order valence-corrected chi connectivity index (χ3v) is 5.73. The van der Waals surface area contributed by atoms with E-state index in [-0.39, 0.29) is 0 Å². The van der Waals surface area contributed by atoms with Crippen LogP contribution in [-0.2, 0) is 11.2 Å². The Bertz CT molecular complexity index is 862. The molecule has 5 rings (SSSR count). The van der Waals surface area contributed by atoms with Gasteiger partial charge in [-0.2, -0.15) is 0 Å². The number of fused-ring (bicyclic) bond motifs is 1. The van der Waals surface area contributed by atoms with Gasteiger partial charge >= 0.3 is 0 Å². The number of piperazine rings is 1. The van der Waals surface area contributed by atoms with E-state index in [0.717, 1.165) is 51.1 Å². The molecular weight excluding hydrogens is 322 g/mol. The number of carbonyl (C=O) groups excluding carboxylic acids is 1. The van der Waals surface area contributed by atoms with Gasteiger partial charge in [0, 0.05) is 56.0 Å². The molecule has 0 unspecified atom stereocenters. The van der Waals surface area contributed by atoms with Crippen LogP contribution in [0.25, 0.3) is 11.6 Å². The Labute approximate surface area is 154 Å². The van der Waals surface area contributed by atoms with Crippen LogP contribution in [0, 0.1) is 5.92 Å². The minimum Gasteiger partial charge on any atom is -0.367 e. The first-order chi connectivity index (χ1) is 12.8. The summed E-state index contributed by atoms with van der Waals surface area (Å²) in [7, 11) is 0. The van der Waals surface area contributed by atoms with Crippen molar-refractivity contribution in [1.82, 2.24) is 9.88 Å². The Balaban J connectivity index is 1.36. The maximum Gasteiger partial charge on any atom is 0.225 e. The molecule has 0 radical (unpaired) electrons. The van der Waals surface area contributed by atoms with Crippen LogP contribution in [0.2, 0.25) is 0 Å². The quantitative estimate of drug-likeness (QED) is 0.857. The number of anilines is 1. The lowest BCUT2D eigenvalue weighted by atomic mass is 10.1. The molecule has 0 atom stereocenters. The molecule has 2 aromatic rings. The molecule has 26 heavy (non-hydrogen) atoms. The normalized spacial score (nSPS) is 19.3. The topological polar surface area (TPSA) is 36.4 Å². The molecular formula is C22H23N3O. The van der Waals surface area contributed by atoms with Gasteiger partial charge in [-0.05, 0) is 36.1 Å². The highest BCUT2D eigenvalue weighted by Crippen LogP contribution is 2.36. The fourth-order valence-electron chi connectivity index (χ4n) is 4.08. The van der Waals surface area contributed by atoms with Gasteiger partial charge in [0.25, 0.3) is 0 Å². The van der Waals surface area contributed by atoms with Gasteiger partial charge in [0.15, 0.2) is 0 Å². The van der Waals surface area contributed by atoms with Crippen LogP contribution in [-0.4, -0.2) is 42.0 Å². The highest BCUT2D eigenvalue weighted by molar-refractivity contribution is 5.92. The zero-order valence-electron chi connectivity index (χ0n) is 14.9. The summed E-state index contributed by atoms with van der Waals surface area (Å²) in [5, 5.41) is 0. The Kier molecular flexibility index (Phi) is 3.77. The van der Waals surface area contributed by atoms with Crippen LogP contribution in [0.4, 0.5) is 5.69 Å². The summed E-state index contributed by atoms with van der Waals surface area (Å²) in [5.74, 6) is 0.693. The van der Waals surface area contributed by atoms with Crippen LogP contribution in [0.15, 0.2) is 42.6 Å². The van der Waals surface area contributed by atoms with Crippen LogP contribution >= 0.6 is 0 Å². The molecule has 2 heterocycles. The predicted octanol–water partition coefficient (Wildman–Crippen LogP) is 3.24. The number of aromatic nitrogens is 1. The molecule has 4 nitrogen and oxygen atoms in total. The summed E-state index contributed by atoms with van der Waals surface area (Å²) in [4.78, 5) is 21.4. The third kappa shape index (κ3) is 2.79. The van der Waals surface area contributed by atoms with E-state index in [4.69, 9.17) is 0 Å². The van der Waals surface area contributed by atoms with Crippen molar-refractivity contribution in [3.05, 3.63) is 59.4 Å². The van der Waals surface area contributed by atoms with E-state index in [1.54, 1.807) is 0 Å². The summed E-state index contributed by atoms with van der Waals surface area (Å²) >= 11 is 0. The molecule has 0 N–H and O–H groups in total. The molecule has 0 spiro atoms. The zero-order valence-corrected chi connectivity index (χ0v) is 14.9. The average Bonchev–Trinajstić information content (AvgIpc) is 3.46. The van der Waals surface area contributed by atoms with Crippen LogP contribution < -0.4 is 4.90 Å². The van der Waals surface area contributed by atoms with Crippen molar-refractivity contribution in [3.8, 4) is 0 Å². The number of benzene rings is 1. The maximum absolute atomic E-state index is 12.3. The molecule has 1 aromatic carbocycles.